The second-order valence-corrected chi connectivity index (χ2v) is 15.1. The van der Waals surface area contributed by atoms with Gasteiger partial charge in [-0.05, 0) is 60.8 Å². The molecule has 0 radical (unpaired) electrons. The van der Waals surface area contributed by atoms with Crippen LogP contribution >= 0.6 is 0 Å². The lowest BCUT2D eigenvalue weighted by molar-refractivity contribution is -0.159. The number of amides is 3. The summed E-state index contributed by atoms with van der Waals surface area (Å²) in [5, 5.41) is 11.6. The fourth-order valence-corrected chi connectivity index (χ4v) is 5.12. The Morgan fingerprint density at radius 2 is 0.980 bits per heavy atom. The van der Waals surface area contributed by atoms with Crippen LogP contribution in [-0.4, -0.2) is 95.0 Å². The lowest BCUT2D eigenvalue weighted by Crippen LogP contribution is -2.45. The standard InChI is InChI=1S/C37H67N3O9/c1-36(2,3)48-34(46)24-22-20-18-16-14-12-10-9-11-13-15-17-19-21-23-30(41)38-29(35(47)49-37(4,5)6)25-26-31(42)39(7)27-32(43)40(8)28-33(44)45/h29H,9-28H2,1-8H3,(H,38,41)(H,44,45)/t29-/m0/s1. The summed E-state index contributed by atoms with van der Waals surface area (Å²) in [6, 6.07) is -1.00. The molecule has 3 amide bonds. The van der Waals surface area contributed by atoms with Crippen LogP contribution in [0.4, 0.5) is 0 Å². The summed E-state index contributed by atoms with van der Waals surface area (Å²) in [5.41, 5.74) is -1.18. The van der Waals surface area contributed by atoms with Gasteiger partial charge in [-0.2, -0.15) is 0 Å². The molecule has 0 spiro atoms. The maximum atomic E-state index is 12.8. The molecule has 0 aliphatic carbocycles. The number of ether oxygens (including phenoxy) is 2. The molecule has 12 nitrogen and oxygen atoms in total. The van der Waals surface area contributed by atoms with Crippen molar-refractivity contribution < 1.29 is 43.3 Å². The molecule has 2 N–H and O–H groups in total. The summed E-state index contributed by atoms with van der Waals surface area (Å²) in [5.74, 6) is -3.09. The number of carbonyl (C=O) groups excluding carboxylic acids is 5. The summed E-state index contributed by atoms with van der Waals surface area (Å²) in [6.07, 6.45) is 16.2. The van der Waals surface area contributed by atoms with Crippen molar-refractivity contribution in [3.8, 4) is 0 Å². The van der Waals surface area contributed by atoms with Gasteiger partial charge < -0.3 is 29.7 Å². The van der Waals surface area contributed by atoms with Gasteiger partial charge in [0.2, 0.25) is 17.7 Å². The number of aliphatic carboxylic acids is 1. The van der Waals surface area contributed by atoms with Crippen LogP contribution in [0, 0.1) is 0 Å². The van der Waals surface area contributed by atoms with E-state index in [4.69, 9.17) is 14.6 Å². The van der Waals surface area contributed by atoms with E-state index in [1.165, 1.54) is 70.4 Å². The second kappa shape index (κ2) is 24.9. The van der Waals surface area contributed by atoms with Gasteiger partial charge in [0.15, 0.2) is 0 Å². The first-order chi connectivity index (χ1) is 22.8. The third-order valence-electron chi connectivity index (χ3n) is 7.72. The van der Waals surface area contributed by atoms with Gasteiger partial charge in [0.1, 0.15) is 23.8 Å². The minimum Gasteiger partial charge on any atom is -0.480 e. The lowest BCUT2D eigenvalue weighted by atomic mass is 10.0. The molecule has 0 aromatic carbocycles. The van der Waals surface area contributed by atoms with Gasteiger partial charge in [0, 0.05) is 33.4 Å². The Balaban J connectivity index is 4.21. The fraction of sp³-hybridized carbons (Fsp3) is 0.838. The van der Waals surface area contributed by atoms with E-state index in [2.05, 4.69) is 5.32 Å². The number of esters is 2. The first-order valence-corrected chi connectivity index (χ1v) is 18.2. The van der Waals surface area contributed by atoms with Crippen LogP contribution in [0.25, 0.3) is 0 Å². The van der Waals surface area contributed by atoms with E-state index in [1.807, 2.05) is 20.8 Å². The molecule has 49 heavy (non-hydrogen) atoms. The van der Waals surface area contributed by atoms with Gasteiger partial charge in [0.25, 0.3) is 0 Å². The molecule has 0 rings (SSSR count). The zero-order valence-corrected chi connectivity index (χ0v) is 31.8. The van der Waals surface area contributed by atoms with Gasteiger partial charge in [-0.25, -0.2) is 4.79 Å². The quantitative estimate of drug-likeness (QED) is 0.0795. The Morgan fingerprint density at radius 3 is 1.41 bits per heavy atom. The minimum atomic E-state index is -1.16. The highest BCUT2D eigenvalue weighted by Crippen LogP contribution is 2.16. The molecule has 0 saturated carbocycles. The van der Waals surface area contributed by atoms with Crippen LogP contribution < -0.4 is 5.32 Å². The Hall–Kier alpha value is -3.18. The molecular formula is C37H67N3O9. The number of likely N-dealkylation sites (N-methyl/N-ethyl adjacent to an activating group) is 2. The summed E-state index contributed by atoms with van der Waals surface area (Å²) in [6.45, 7) is 10.1. The molecule has 12 heteroatoms. The van der Waals surface area contributed by atoms with Gasteiger partial charge in [-0.3, -0.25) is 24.0 Å². The summed E-state index contributed by atoms with van der Waals surface area (Å²) >= 11 is 0. The predicted molar refractivity (Wildman–Crippen MR) is 190 cm³/mol. The largest absolute Gasteiger partial charge is 0.480 e. The number of carboxylic acids is 1. The number of carbonyl (C=O) groups is 6. The van der Waals surface area contributed by atoms with Gasteiger partial charge in [-0.15, -0.1) is 0 Å². The van der Waals surface area contributed by atoms with E-state index in [9.17, 15) is 28.8 Å². The van der Waals surface area contributed by atoms with E-state index in [0.717, 1.165) is 37.0 Å². The highest BCUT2D eigenvalue weighted by Gasteiger charge is 2.28. The van der Waals surface area contributed by atoms with Crippen LogP contribution in [-0.2, 0) is 38.2 Å². The number of hydrogen-bond acceptors (Lipinski definition) is 8. The second-order valence-electron chi connectivity index (χ2n) is 15.1. The van der Waals surface area contributed by atoms with Crippen molar-refractivity contribution >= 4 is 35.6 Å². The van der Waals surface area contributed by atoms with Crippen molar-refractivity contribution in [3.05, 3.63) is 0 Å². The zero-order chi connectivity index (χ0) is 37.5. The van der Waals surface area contributed by atoms with Crippen molar-refractivity contribution in [1.82, 2.24) is 15.1 Å². The first-order valence-electron chi connectivity index (χ1n) is 18.2. The number of hydrogen-bond donors (Lipinski definition) is 2. The summed E-state index contributed by atoms with van der Waals surface area (Å²) in [7, 11) is 2.77. The predicted octanol–water partition coefficient (Wildman–Crippen LogP) is 6.18. The van der Waals surface area contributed by atoms with Crippen molar-refractivity contribution in [2.75, 3.05) is 27.2 Å². The molecule has 0 aliphatic heterocycles. The smallest absolute Gasteiger partial charge is 0.329 e. The van der Waals surface area contributed by atoms with E-state index in [0.29, 0.717) is 12.8 Å². The summed E-state index contributed by atoms with van der Waals surface area (Å²) < 4.78 is 10.8. The molecule has 0 fully saturated rings. The third-order valence-corrected chi connectivity index (χ3v) is 7.72. The Kier molecular flexibility index (Phi) is 23.3. The number of nitrogens with zero attached hydrogens (tertiary/aromatic N) is 2. The molecule has 0 aromatic heterocycles. The molecule has 0 aliphatic rings. The maximum Gasteiger partial charge on any atom is 0.329 e. The highest BCUT2D eigenvalue weighted by molar-refractivity contribution is 5.88. The molecule has 0 unspecified atom stereocenters. The zero-order valence-electron chi connectivity index (χ0n) is 31.8. The van der Waals surface area contributed by atoms with E-state index in [1.54, 1.807) is 20.8 Å². The lowest BCUT2D eigenvalue weighted by Gasteiger charge is -2.25. The monoisotopic (exact) mass is 697 g/mol. The molecule has 0 saturated heterocycles. The van der Waals surface area contributed by atoms with Gasteiger partial charge in [-0.1, -0.05) is 77.0 Å². The normalized spacial score (nSPS) is 12.2. The maximum absolute atomic E-state index is 12.8. The van der Waals surface area contributed by atoms with Crippen LogP contribution in [0.3, 0.4) is 0 Å². The van der Waals surface area contributed by atoms with Crippen LogP contribution in [0.5, 0.6) is 0 Å². The van der Waals surface area contributed by atoms with Crippen molar-refractivity contribution in [3.63, 3.8) is 0 Å². The van der Waals surface area contributed by atoms with Gasteiger partial charge >= 0.3 is 17.9 Å². The van der Waals surface area contributed by atoms with E-state index in [-0.39, 0.29) is 37.7 Å². The number of nitrogens with one attached hydrogen (secondary N) is 1. The average Bonchev–Trinajstić information content (AvgIpc) is 2.96. The number of rotatable bonds is 26. The molecular weight excluding hydrogens is 630 g/mol. The molecule has 1 atom stereocenters. The Morgan fingerprint density at radius 1 is 0.571 bits per heavy atom. The van der Waals surface area contributed by atoms with Crippen LogP contribution in [0.1, 0.15) is 157 Å². The Labute approximate surface area is 295 Å². The van der Waals surface area contributed by atoms with Crippen molar-refractivity contribution in [2.24, 2.45) is 0 Å². The third kappa shape index (κ3) is 27.3. The van der Waals surface area contributed by atoms with Crippen molar-refractivity contribution in [1.29, 1.82) is 0 Å². The van der Waals surface area contributed by atoms with Crippen molar-refractivity contribution in [2.45, 2.75) is 174 Å². The molecule has 284 valence electrons. The van der Waals surface area contributed by atoms with E-state index < -0.39 is 47.5 Å². The molecule has 0 aromatic rings. The average molecular weight is 698 g/mol. The van der Waals surface area contributed by atoms with Crippen LogP contribution in [0.2, 0.25) is 0 Å². The van der Waals surface area contributed by atoms with E-state index >= 15 is 0 Å². The summed E-state index contributed by atoms with van der Waals surface area (Å²) in [4.78, 5) is 75.1. The highest BCUT2D eigenvalue weighted by atomic mass is 16.6. The molecule has 0 heterocycles. The number of unbranched alkanes of at least 4 members (excludes halogenated alkanes) is 13. The fourth-order valence-electron chi connectivity index (χ4n) is 5.12. The first kappa shape index (κ1) is 45.8. The number of carboxylic acid groups (broad SMARTS) is 1. The topological polar surface area (TPSA) is 160 Å². The van der Waals surface area contributed by atoms with Gasteiger partial charge in [0.05, 0.1) is 6.54 Å². The van der Waals surface area contributed by atoms with Crippen LogP contribution in [0.15, 0.2) is 0 Å². The molecule has 0 bridgehead atoms. The minimum absolute atomic E-state index is 0.0127. The SMILES string of the molecule is CN(CC(=O)O)C(=O)CN(C)C(=O)CC[C@H](NC(=O)CCCCCCCCCCCCCCCCC(=O)OC(C)(C)C)C(=O)OC(C)(C)C. The Bertz CT molecular complexity index is 1020.